The van der Waals surface area contributed by atoms with Gasteiger partial charge in [0.15, 0.2) is 0 Å². The zero-order valence-corrected chi connectivity index (χ0v) is 19.9. The number of benzene rings is 2. The number of carboxylic acid groups (broad SMARTS) is 1. The third kappa shape index (κ3) is 4.74. The van der Waals surface area contributed by atoms with Gasteiger partial charge in [-0.15, -0.1) is 0 Å². The van der Waals surface area contributed by atoms with Crippen LogP contribution in [0.15, 0.2) is 60.8 Å². The molecule has 34 heavy (non-hydrogen) atoms. The summed E-state index contributed by atoms with van der Waals surface area (Å²) < 4.78 is 0. The normalized spacial score (nSPS) is 16.0. The topological polar surface area (TPSA) is 59.9 Å². The predicted molar refractivity (Wildman–Crippen MR) is 137 cm³/mol. The summed E-state index contributed by atoms with van der Waals surface area (Å²) in [5.41, 5.74) is 5.50. The van der Waals surface area contributed by atoms with Gasteiger partial charge in [0.1, 0.15) is 11.4 Å². The van der Waals surface area contributed by atoms with E-state index in [4.69, 9.17) is 11.6 Å². The van der Waals surface area contributed by atoms with Crippen LogP contribution in [0.1, 0.15) is 27.9 Å². The van der Waals surface area contributed by atoms with E-state index in [1.54, 1.807) is 18.3 Å². The first-order chi connectivity index (χ1) is 16.6. The molecule has 2 aromatic carbocycles. The van der Waals surface area contributed by atoms with Crippen LogP contribution in [0.25, 0.3) is 0 Å². The average molecular weight is 477 g/mol. The Bertz CT molecular complexity index is 1180. The summed E-state index contributed by atoms with van der Waals surface area (Å²) in [4.78, 5) is 22.9. The Hall–Kier alpha value is -3.09. The van der Waals surface area contributed by atoms with Crippen LogP contribution in [-0.2, 0) is 12.8 Å². The van der Waals surface area contributed by atoms with Crippen LogP contribution < -0.4 is 9.80 Å². The molecule has 0 bridgehead atoms. The van der Waals surface area contributed by atoms with E-state index in [9.17, 15) is 9.90 Å². The van der Waals surface area contributed by atoms with Crippen molar-refractivity contribution < 1.29 is 9.90 Å². The fraction of sp³-hybridized carbons (Fsp3) is 0.333. The lowest BCUT2D eigenvalue weighted by Gasteiger charge is -2.36. The molecule has 5 rings (SSSR count). The maximum Gasteiger partial charge on any atom is 0.339 e. The molecule has 2 aliphatic heterocycles. The van der Waals surface area contributed by atoms with Gasteiger partial charge in [0, 0.05) is 55.3 Å². The molecule has 0 atom stereocenters. The van der Waals surface area contributed by atoms with E-state index in [1.165, 1.54) is 22.5 Å². The van der Waals surface area contributed by atoms with Gasteiger partial charge in [-0.2, -0.15) is 0 Å². The lowest BCUT2D eigenvalue weighted by molar-refractivity contribution is 0.0697. The minimum atomic E-state index is -0.927. The highest BCUT2D eigenvalue weighted by molar-refractivity contribution is 6.30. The van der Waals surface area contributed by atoms with Crippen molar-refractivity contribution in [1.29, 1.82) is 0 Å². The van der Waals surface area contributed by atoms with Crippen molar-refractivity contribution in [2.75, 3.05) is 49.1 Å². The number of rotatable bonds is 6. The zero-order chi connectivity index (χ0) is 23.5. The molecular weight excluding hydrogens is 448 g/mol. The zero-order valence-electron chi connectivity index (χ0n) is 19.2. The van der Waals surface area contributed by atoms with Gasteiger partial charge in [0.25, 0.3) is 0 Å². The van der Waals surface area contributed by atoms with E-state index in [2.05, 4.69) is 56.1 Å². The summed E-state index contributed by atoms with van der Waals surface area (Å²) in [5, 5.41) is 10.2. The molecule has 6 nitrogen and oxygen atoms in total. The van der Waals surface area contributed by atoms with E-state index in [-0.39, 0.29) is 5.56 Å². The molecule has 0 amide bonds. The fourth-order valence-electron chi connectivity index (χ4n) is 5.08. The Morgan fingerprint density at radius 1 is 0.912 bits per heavy atom. The molecule has 3 heterocycles. The number of hydrogen-bond acceptors (Lipinski definition) is 5. The average Bonchev–Trinajstić information content (AvgIpc) is 3.01. The van der Waals surface area contributed by atoms with Crippen molar-refractivity contribution >= 4 is 34.8 Å². The minimum absolute atomic E-state index is 0.271. The molecule has 0 radical (unpaired) electrons. The fourth-order valence-corrected chi connectivity index (χ4v) is 5.24. The van der Waals surface area contributed by atoms with Gasteiger partial charge in [0.05, 0.1) is 0 Å². The van der Waals surface area contributed by atoms with E-state index >= 15 is 0 Å². The number of carbonyl (C=O) groups is 1. The van der Waals surface area contributed by atoms with Crippen molar-refractivity contribution in [3.8, 4) is 0 Å². The number of carboxylic acids is 1. The molecule has 7 heteroatoms. The molecule has 1 N–H and O–H groups in total. The predicted octanol–water partition coefficient (Wildman–Crippen LogP) is 4.88. The lowest BCUT2D eigenvalue weighted by Crippen LogP contribution is -2.47. The summed E-state index contributed by atoms with van der Waals surface area (Å²) >= 11 is 6.39. The second-order valence-electron chi connectivity index (χ2n) is 8.92. The quantitative estimate of drug-likeness (QED) is 0.547. The van der Waals surface area contributed by atoms with Gasteiger partial charge in [0.2, 0.25) is 0 Å². The highest BCUT2D eigenvalue weighted by atomic mass is 35.5. The van der Waals surface area contributed by atoms with Crippen LogP contribution in [0.5, 0.6) is 0 Å². The number of hydrogen-bond donors (Lipinski definition) is 1. The minimum Gasteiger partial charge on any atom is -0.478 e. The second kappa shape index (κ2) is 10.0. The third-order valence-corrected chi connectivity index (χ3v) is 7.06. The number of pyridine rings is 1. The van der Waals surface area contributed by atoms with Gasteiger partial charge in [-0.05, 0) is 67.3 Å². The third-order valence-electron chi connectivity index (χ3n) is 6.83. The summed E-state index contributed by atoms with van der Waals surface area (Å²) in [6, 6.07) is 18.2. The molecule has 3 aromatic rings. The van der Waals surface area contributed by atoms with Gasteiger partial charge in [-0.3, -0.25) is 4.90 Å². The van der Waals surface area contributed by atoms with E-state index < -0.39 is 5.97 Å². The smallest absolute Gasteiger partial charge is 0.339 e. The molecule has 0 spiro atoms. The molecule has 176 valence electrons. The molecule has 1 saturated heterocycles. The van der Waals surface area contributed by atoms with Crippen LogP contribution in [0.3, 0.4) is 0 Å². The molecule has 0 unspecified atom stereocenters. The Morgan fingerprint density at radius 2 is 1.68 bits per heavy atom. The van der Waals surface area contributed by atoms with E-state index in [0.717, 1.165) is 63.6 Å². The van der Waals surface area contributed by atoms with Crippen molar-refractivity contribution in [3.63, 3.8) is 0 Å². The number of aromatic nitrogens is 1. The SMILES string of the molecule is O=C(O)c1cccnc1N1CCN(CCCN2c3ccccc3CCc3ccc(Cl)cc32)CC1. The number of para-hydroxylation sites is 1. The van der Waals surface area contributed by atoms with Crippen molar-refractivity contribution in [1.82, 2.24) is 9.88 Å². The Kier molecular flexibility index (Phi) is 6.70. The van der Waals surface area contributed by atoms with Crippen LogP contribution in [-0.4, -0.2) is 60.2 Å². The standard InChI is InChI=1S/C27H29ClN4O2/c28-22-11-10-21-9-8-20-5-1-2-7-24(20)32(25(21)19-22)14-4-13-30-15-17-31(18-16-30)26-23(27(33)34)6-3-12-29-26/h1-3,5-7,10-12,19H,4,8-9,13-18H2,(H,33,34). The molecular formula is C27H29ClN4O2. The maximum absolute atomic E-state index is 11.6. The number of fused-ring (bicyclic) bond motifs is 2. The highest BCUT2D eigenvalue weighted by Gasteiger charge is 2.24. The number of aromatic carboxylic acids is 1. The van der Waals surface area contributed by atoms with Crippen LogP contribution in [0.4, 0.5) is 17.2 Å². The molecule has 2 aliphatic rings. The van der Waals surface area contributed by atoms with Crippen LogP contribution in [0, 0.1) is 0 Å². The summed E-state index contributed by atoms with van der Waals surface area (Å²) in [7, 11) is 0. The molecule has 1 fully saturated rings. The monoisotopic (exact) mass is 476 g/mol. The first-order valence-corrected chi connectivity index (χ1v) is 12.3. The number of piperazine rings is 1. The first-order valence-electron chi connectivity index (χ1n) is 11.9. The number of aryl methyl sites for hydroxylation is 2. The van der Waals surface area contributed by atoms with Crippen LogP contribution >= 0.6 is 11.6 Å². The largest absolute Gasteiger partial charge is 0.478 e. The lowest BCUT2D eigenvalue weighted by atomic mass is 10.0. The Morgan fingerprint density at radius 3 is 2.47 bits per heavy atom. The number of anilines is 3. The number of halogens is 1. The molecule has 0 aliphatic carbocycles. The Labute approximate surface area is 205 Å². The summed E-state index contributed by atoms with van der Waals surface area (Å²) in [6.07, 6.45) is 4.75. The van der Waals surface area contributed by atoms with Crippen molar-refractivity contribution in [2.24, 2.45) is 0 Å². The van der Waals surface area contributed by atoms with Gasteiger partial charge < -0.3 is 14.9 Å². The van der Waals surface area contributed by atoms with Gasteiger partial charge in [-0.1, -0.05) is 35.9 Å². The van der Waals surface area contributed by atoms with Crippen LogP contribution in [0.2, 0.25) is 5.02 Å². The van der Waals surface area contributed by atoms with E-state index in [1.807, 2.05) is 6.07 Å². The van der Waals surface area contributed by atoms with Crippen molar-refractivity contribution in [3.05, 3.63) is 82.5 Å². The maximum atomic E-state index is 11.6. The van der Waals surface area contributed by atoms with Gasteiger partial charge in [-0.25, -0.2) is 9.78 Å². The first kappa shape index (κ1) is 22.7. The Balaban J connectivity index is 1.23. The second-order valence-corrected chi connectivity index (χ2v) is 9.35. The number of nitrogens with zero attached hydrogens (tertiary/aromatic N) is 4. The van der Waals surface area contributed by atoms with Gasteiger partial charge >= 0.3 is 5.97 Å². The molecule has 1 aromatic heterocycles. The summed E-state index contributed by atoms with van der Waals surface area (Å²) in [5.74, 6) is -0.354. The summed E-state index contributed by atoms with van der Waals surface area (Å²) in [6.45, 7) is 5.28. The van der Waals surface area contributed by atoms with Crippen molar-refractivity contribution in [2.45, 2.75) is 19.3 Å². The van der Waals surface area contributed by atoms with E-state index in [0.29, 0.717) is 5.82 Å². The highest BCUT2D eigenvalue weighted by Crippen LogP contribution is 2.37. The molecule has 0 saturated carbocycles.